The number of thiophene rings is 1. The van der Waals surface area contributed by atoms with E-state index in [9.17, 15) is 0 Å². The monoisotopic (exact) mass is 431 g/mol. The maximum absolute atomic E-state index is 8.87. The van der Waals surface area contributed by atoms with Gasteiger partial charge in [0.1, 0.15) is 0 Å². The first-order chi connectivity index (χ1) is 12.7. The van der Waals surface area contributed by atoms with E-state index in [-0.39, 0.29) is 0 Å². The molecule has 1 aromatic carbocycles. The third-order valence-electron chi connectivity index (χ3n) is 4.43. The lowest BCUT2D eigenvalue weighted by Gasteiger charge is -2.36. The number of hydrogen-bond donors (Lipinski definition) is 1. The number of nitriles is 1. The summed E-state index contributed by atoms with van der Waals surface area (Å²) in [6.07, 6.45) is 0. The SMILES string of the molecule is CN=C(NCc1ccc(C#N)cc1)N1CCN(Cc2ccc(Br)s2)CC1. The molecule has 2 heterocycles. The zero-order valence-electron chi connectivity index (χ0n) is 14.8. The van der Waals surface area contributed by atoms with E-state index in [2.05, 4.69) is 54.2 Å². The highest BCUT2D eigenvalue weighted by atomic mass is 79.9. The number of aliphatic imine (C=N–C) groups is 1. The highest BCUT2D eigenvalue weighted by molar-refractivity contribution is 9.11. The van der Waals surface area contributed by atoms with Crippen molar-refractivity contribution in [1.82, 2.24) is 15.1 Å². The van der Waals surface area contributed by atoms with Crippen LogP contribution >= 0.6 is 27.3 Å². The van der Waals surface area contributed by atoms with Crippen molar-refractivity contribution in [3.63, 3.8) is 0 Å². The first-order valence-electron chi connectivity index (χ1n) is 8.59. The molecule has 5 nitrogen and oxygen atoms in total. The molecule has 136 valence electrons. The fourth-order valence-corrected chi connectivity index (χ4v) is 4.51. The molecule has 1 saturated heterocycles. The molecule has 0 atom stereocenters. The third kappa shape index (κ3) is 5.07. The zero-order chi connectivity index (χ0) is 18.4. The molecule has 26 heavy (non-hydrogen) atoms. The number of nitrogens with one attached hydrogen (secondary N) is 1. The lowest BCUT2D eigenvalue weighted by atomic mass is 10.1. The van der Waals surface area contributed by atoms with Crippen molar-refractivity contribution in [3.8, 4) is 6.07 Å². The van der Waals surface area contributed by atoms with Crippen LogP contribution in [0.3, 0.4) is 0 Å². The molecule has 0 bridgehead atoms. The van der Waals surface area contributed by atoms with Gasteiger partial charge in [0, 0.05) is 51.2 Å². The Morgan fingerprint density at radius 3 is 2.50 bits per heavy atom. The number of rotatable bonds is 4. The van der Waals surface area contributed by atoms with E-state index < -0.39 is 0 Å². The Labute approximate surface area is 167 Å². The molecule has 1 aliphatic heterocycles. The Kier molecular flexibility index (Phi) is 6.67. The summed E-state index contributed by atoms with van der Waals surface area (Å²) < 4.78 is 1.19. The maximum atomic E-state index is 8.87. The van der Waals surface area contributed by atoms with Gasteiger partial charge in [-0.2, -0.15) is 5.26 Å². The second-order valence-electron chi connectivity index (χ2n) is 6.18. The fraction of sp³-hybridized carbons (Fsp3) is 0.368. The molecule has 0 saturated carbocycles. The zero-order valence-corrected chi connectivity index (χ0v) is 17.2. The summed E-state index contributed by atoms with van der Waals surface area (Å²) in [5.41, 5.74) is 1.83. The van der Waals surface area contributed by atoms with Gasteiger partial charge in [0.25, 0.3) is 0 Å². The smallest absolute Gasteiger partial charge is 0.194 e. The molecule has 0 radical (unpaired) electrons. The average molecular weight is 432 g/mol. The quantitative estimate of drug-likeness (QED) is 0.595. The predicted octanol–water partition coefficient (Wildman–Crippen LogP) is 3.28. The van der Waals surface area contributed by atoms with Gasteiger partial charge in [-0.1, -0.05) is 12.1 Å². The van der Waals surface area contributed by atoms with Crippen LogP contribution in [0.2, 0.25) is 0 Å². The van der Waals surface area contributed by atoms with Crippen molar-refractivity contribution in [2.24, 2.45) is 4.99 Å². The predicted molar refractivity (Wildman–Crippen MR) is 110 cm³/mol. The number of hydrogen-bond acceptors (Lipinski definition) is 4. The lowest BCUT2D eigenvalue weighted by Crippen LogP contribution is -2.51. The fourth-order valence-electron chi connectivity index (χ4n) is 2.99. The van der Waals surface area contributed by atoms with Gasteiger partial charge >= 0.3 is 0 Å². The molecule has 0 aliphatic carbocycles. The summed E-state index contributed by atoms with van der Waals surface area (Å²) >= 11 is 5.34. The number of piperazine rings is 1. The van der Waals surface area contributed by atoms with Gasteiger partial charge < -0.3 is 10.2 Å². The summed E-state index contributed by atoms with van der Waals surface area (Å²) in [5.74, 6) is 0.938. The van der Waals surface area contributed by atoms with Crippen molar-refractivity contribution in [2.45, 2.75) is 13.1 Å². The summed E-state index contributed by atoms with van der Waals surface area (Å²) in [5, 5.41) is 12.3. The maximum Gasteiger partial charge on any atom is 0.194 e. The molecule has 7 heteroatoms. The summed E-state index contributed by atoms with van der Waals surface area (Å²) in [6, 6.07) is 14.1. The van der Waals surface area contributed by atoms with Crippen molar-refractivity contribution in [3.05, 3.63) is 56.2 Å². The largest absolute Gasteiger partial charge is 0.352 e. The molecule has 1 aromatic heterocycles. The van der Waals surface area contributed by atoms with Crippen LogP contribution in [0, 0.1) is 11.3 Å². The molecule has 0 amide bonds. The molecule has 1 fully saturated rings. The molecular formula is C19H22BrN5S. The molecule has 0 unspecified atom stereocenters. The van der Waals surface area contributed by atoms with Gasteiger partial charge in [0.05, 0.1) is 15.4 Å². The Hall–Kier alpha value is -1.88. The van der Waals surface area contributed by atoms with Gasteiger partial charge in [0.2, 0.25) is 0 Å². The minimum Gasteiger partial charge on any atom is -0.352 e. The van der Waals surface area contributed by atoms with Gasteiger partial charge in [-0.25, -0.2) is 0 Å². The molecule has 2 aromatic rings. The molecule has 1 N–H and O–H groups in total. The van der Waals surface area contributed by atoms with E-state index in [1.54, 1.807) is 11.3 Å². The van der Waals surface area contributed by atoms with Crippen molar-refractivity contribution in [1.29, 1.82) is 5.26 Å². The normalized spacial score (nSPS) is 15.7. The van der Waals surface area contributed by atoms with E-state index in [4.69, 9.17) is 5.26 Å². The van der Waals surface area contributed by atoms with E-state index in [0.717, 1.165) is 44.2 Å². The first-order valence-corrected chi connectivity index (χ1v) is 10.2. The van der Waals surface area contributed by atoms with Gasteiger partial charge in [0.15, 0.2) is 5.96 Å². The van der Waals surface area contributed by atoms with Crippen molar-refractivity contribution >= 4 is 33.2 Å². The Balaban J connectivity index is 1.48. The highest BCUT2D eigenvalue weighted by Gasteiger charge is 2.20. The second kappa shape index (κ2) is 9.17. The highest BCUT2D eigenvalue weighted by Crippen LogP contribution is 2.23. The summed E-state index contributed by atoms with van der Waals surface area (Å²) in [6.45, 7) is 5.74. The number of halogens is 1. The molecule has 3 rings (SSSR count). The van der Waals surface area contributed by atoms with E-state index in [1.807, 2.05) is 31.3 Å². The Morgan fingerprint density at radius 2 is 1.92 bits per heavy atom. The van der Waals surface area contributed by atoms with E-state index in [0.29, 0.717) is 12.1 Å². The van der Waals surface area contributed by atoms with Gasteiger partial charge in [-0.15, -0.1) is 11.3 Å². The van der Waals surface area contributed by atoms with Crippen LogP contribution in [0.15, 0.2) is 45.2 Å². The van der Waals surface area contributed by atoms with E-state index in [1.165, 1.54) is 8.66 Å². The summed E-state index contributed by atoms with van der Waals surface area (Å²) in [7, 11) is 1.83. The van der Waals surface area contributed by atoms with Gasteiger partial charge in [-0.3, -0.25) is 9.89 Å². The van der Waals surface area contributed by atoms with Crippen LogP contribution in [-0.2, 0) is 13.1 Å². The topological polar surface area (TPSA) is 54.7 Å². The molecule has 1 aliphatic rings. The van der Waals surface area contributed by atoms with Crippen LogP contribution in [0.25, 0.3) is 0 Å². The van der Waals surface area contributed by atoms with Crippen LogP contribution < -0.4 is 5.32 Å². The number of nitrogens with zero attached hydrogens (tertiary/aromatic N) is 4. The average Bonchev–Trinajstić information content (AvgIpc) is 3.08. The van der Waals surface area contributed by atoms with Crippen molar-refractivity contribution in [2.75, 3.05) is 33.2 Å². The van der Waals surface area contributed by atoms with Crippen LogP contribution in [0.4, 0.5) is 0 Å². The minimum absolute atomic E-state index is 0.687. The van der Waals surface area contributed by atoms with Crippen LogP contribution in [0.5, 0.6) is 0 Å². The van der Waals surface area contributed by atoms with Gasteiger partial charge in [-0.05, 0) is 45.8 Å². The second-order valence-corrected chi connectivity index (χ2v) is 8.73. The summed E-state index contributed by atoms with van der Waals surface area (Å²) in [4.78, 5) is 10.6. The number of guanidine groups is 1. The Bertz CT molecular complexity index is 785. The Morgan fingerprint density at radius 1 is 1.19 bits per heavy atom. The third-order valence-corrected chi connectivity index (χ3v) is 6.03. The standard InChI is InChI=1S/C19H22BrN5S/c1-22-19(23-13-16-4-2-15(12-21)3-5-16)25-10-8-24(9-11-25)14-17-6-7-18(20)26-17/h2-7H,8-11,13-14H2,1H3,(H,22,23). The van der Waals surface area contributed by atoms with Crippen molar-refractivity contribution < 1.29 is 0 Å². The van der Waals surface area contributed by atoms with E-state index >= 15 is 0 Å². The first kappa shape index (κ1) is 18.9. The molecular weight excluding hydrogens is 410 g/mol. The molecule has 0 spiro atoms. The van der Waals surface area contributed by atoms with Crippen LogP contribution in [-0.4, -0.2) is 49.0 Å². The lowest BCUT2D eigenvalue weighted by molar-refractivity contribution is 0.173. The minimum atomic E-state index is 0.687. The van der Waals surface area contributed by atoms with Crippen LogP contribution in [0.1, 0.15) is 16.0 Å². The number of benzene rings is 1.